The van der Waals surface area contributed by atoms with Crippen molar-refractivity contribution >= 4 is 23.2 Å². The lowest BCUT2D eigenvalue weighted by molar-refractivity contribution is -0.143. The highest BCUT2D eigenvalue weighted by Gasteiger charge is 2.26. The molecule has 2 rings (SSSR count). The minimum atomic E-state index is -0.692. The molecule has 1 aliphatic carbocycles. The van der Waals surface area contributed by atoms with Crippen molar-refractivity contribution in [2.45, 2.75) is 32.6 Å². The van der Waals surface area contributed by atoms with Gasteiger partial charge >= 0.3 is 5.97 Å². The van der Waals surface area contributed by atoms with Gasteiger partial charge in [0.15, 0.2) is 0 Å². The molecule has 0 aromatic carbocycles. The van der Waals surface area contributed by atoms with E-state index in [0.29, 0.717) is 17.3 Å². The van der Waals surface area contributed by atoms with Crippen molar-refractivity contribution in [3.05, 3.63) is 16.1 Å². The Hall–Kier alpha value is -1.43. The summed E-state index contributed by atoms with van der Waals surface area (Å²) in [6.07, 6.45) is 4.78. The molecule has 1 fully saturated rings. The lowest BCUT2D eigenvalue weighted by atomic mass is 9.82. The van der Waals surface area contributed by atoms with E-state index in [1.165, 1.54) is 11.3 Å². The maximum Gasteiger partial charge on any atom is 0.306 e. The van der Waals surface area contributed by atoms with Crippen LogP contribution in [0.4, 0.5) is 0 Å². The first-order chi connectivity index (χ1) is 9.06. The third-order valence-electron chi connectivity index (χ3n) is 3.59. The molecule has 1 heterocycles. The summed E-state index contributed by atoms with van der Waals surface area (Å²) in [7, 11) is 0. The van der Waals surface area contributed by atoms with Crippen LogP contribution in [0, 0.1) is 18.8 Å². The molecule has 1 saturated carbocycles. The van der Waals surface area contributed by atoms with Crippen LogP contribution in [0.25, 0.3) is 0 Å². The van der Waals surface area contributed by atoms with Crippen LogP contribution < -0.4 is 5.32 Å². The lowest BCUT2D eigenvalue weighted by Crippen LogP contribution is -2.32. The number of aryl methyl sites for hydroxylation is 1. The molecule has 0 aliphatic heterocycles. The summed E-state index contributed by atoms with van der Waals surface area (Å²) < 4.78 is 0. The third kappa shape index (κ3) is 3.76. The number of hydrogen-bond acceptors (Lipinski definition) is 4. The summed E-state index contributed by atoms with van der Waals surface area (Å²) in [5, 5.41) is 12.7. The van der Waals surface area contributed by atoms with E-state index >= 15 is 0 Å². The van der Waals surface area contributed by atoms with Gasteiger partial charge in [-0.1, -0.05) is 0 Å². The van der Waals surface area contributed by atoms with Crippen LogP contribution in [-0.4, -0.2) is 28.5 Å². The molecule has 0 saturated heterocycles. The average molecular weight is 282 g/mol. The Bertz CT molecular complexity index is 464. The molecule has 0 radical (unpaired) electrons. The van der Waals surface area contributed by atoms with E-state index in [1.807, 2.05) is 6.92 Å². The van der Waals surface area contributed by atoms with Crippen molar-refractivity contribution in [2.75, 3.05) is 6.54 Å². The number of rotatable bonds is 4. The molecule has 0 atom stereocenters. The van der Waals surface area contributed by atoms with Crippen LogP contribution in [0.15, 0.2) is 6.20 Å². The Morgan fingerprint density at radius 2 is 2.11 bits per heavy atom. The van der Waals surface area contributed by atoms with E-state index in [0.717, 1.165) is 30.7 Å². The average Bonchev–Trinajstić information content (AvgIpc) is 2.83. The lowest BCUT2D eigenvalue weighted by Gasteiger charge is -2.26. The van der Waals surface area contributed by atoms with Crippen LogP contribution in [0.3, 0.4) is 0 Å². The molecule has 104 valence electrons. The van der Waals surface area contributed by atoms with E-state index < -0.39 is 5.97 Å². The van der Waals surface area contributed by atoms with Crippen molar-refractivity contribution in [3.8, 4) is 0 Å². The van der Waals surface area contributed by atoms with Crippen molar-refractivity contribution < 1.29 is 14.7 Å². The van der Waals surface area contributed by atoms with Gasteiger partial charge in [0, 0.05) is 6.54 Å². The topological polar surface area (TPSA) is 79.3 Å². The molecule has 1 amide bonds. The molecule has 0 unspecified atom stereocenters. The Morgan fingerprint density at radius 1 is 1.42 bits per heavy atom. The number of thiazole rings is 1. The van der Waals surface area contributed by atoms with Gasteiger partial charge in [-0.05, 0) is 38.5 Å². The molecule has 2 N–H and O–H groups in total. The number of carbonyl (C=O) groups excluding carboxylic acids is 1. The molecular formula is C13H18N2O3S. The van der Waals surface area contributed by atoms with Crippen molar-refractivity contribution in [1.29, 1.82) is 0 Å². The quantitative estimate of drug-likeness (QED) is 0.886. The van der Waals surface area contributed by atoms with Gasteiger partial charge in [0.25, 0.3) is 5.91 Å². The molecule has 5 nitrogen and oxygen atoms in total. The summed E-state index contributed by atoms with van der Waals surface area (Å²) >= 11 is 1.39. The fourth-order valence-corrected chi connectivity index (χ4v) is 3.10. The maximum absolute atomic E-state index is 11.8. The number of amides is 1. The highest BCUT2D eigenvalue weighted by Crippen LogP contribution is 2.28. The molecule has 1 aromatic rings. The van der Waals surface area contributed by atoms with Crippen molar-refractivity contribution in [1.82, 2.24) is 10.3 Å². The molecule has 1 aliphatic rings. The monoisotopic (exact) mass is 282 g/mol. The number of carboxylic acids is 1. The van der Waals surface area contributed by atoms with Crippen molar-refractivity contribution in [3.63, 3.8) is 0 Å². The second-order valence-corrected chi connectivity index (χ2v) is 6.24. The highest BCUT2D eigenvalue weighted by atomic mass is 32.1. The van der Waals surface area contributed by atoms with Gasteiger partial charge in [-0.25, -0.2) is 4.98 Å². The summed E-state index contributed by atoms with van der Waals surface area (Å²) in [5.41, 5.74) is 0. The van der Waals surface area contributed by atoms with Crippen LogP contribution in [0.5, 0.6) is 0 Å². The van der Waals surface area contributed by atoms with Gasteiger partial charge in [-0.3, -0.25) is 9.59 Å². The Labute approximate surface area is 116 Å². The summed E-state index contributed by atoms with van der Waals surface area (Å²) in [6.45, 7) is 2.50. The second kappa shape index (κ2) is 6.14. The molecule has 0 bridgehead atoms. The first-order valence-electron chi connectivity index (χ1n) is 6.49. The minimum absolute atomic E-state index is 0.0778. The summed E-state index contributed by atoms with van der Waals surface area (Å²) in [6, 6.07) is 0. The third-order valence-corrected chi connectivity index (χ3v) is 4.50. The van der Waals surface area contributed by atoms with Gasteiger partial charge in [0.1, 0.15) is 4.88 Å². The van der Waals surface area contributed by atoms with Crippen LogP contribution in [0.2, 0.25) is 0 Å². The number of nitrogens with zero attached hydrogens (tertiary/aromatic N) is 1. The first kappa shape index (κ1) is 14.0. The van der Waals surface area contributed by atoms with Crippen LogP contribution in [-0.2, 0) is 4.79 Å². The van der Waals surface area contributed by atoms with Crippen LogP contribution in [0.1, 0.15) is 40.4 Å². The number of hydrogen-bond donors (Lipinski definition) is 2. The standard InChI is InChI=1S/C13H18N2O3S/c1-8-14-7-11(19-8)12(16)15-6-9-2-4-10(5-3-9)13(17)18/h7,9-10H,2-6H2,1H3,(H,15,16)(H,17,18). The summed E-state index contributed by atoms with van der Waals surface area (Å²) in [4.78, 5) is 27.4. The first-order valence-corrected chi connectivity index (χ1v) is 7.31. The van der Waals surface area contributed by atoms with Gasteiger partial charge < -0.3 is 10.4 Å². The van der Waals surface area contributed by atoms with Gasteiger partial charge in [0.05, 0.1) is 17.1 Å². The summed E-state index contributed by atoms with van der Waals surface area (Å²) in [5.74, 6) is -0.571. The van der Waals surface area contributed by atoms with E-state index in [2.05, 4.69) is 10.3 Å². The predicted molar refractivity (Wildman–Crippen MR) is 72.3 cm³/mol. The fourth-order valence-electron chi connectivity index (χ4n) is 2.40. The minimum Gasteiger partial charge on any atom is -0.481 e. The Morgan fingerprint density at radius 3 is 2.63 bits per heavy atom. The number of aromatic nitrogens is 1. The van der Waals surface area contributed by atoms with Gasteiger partial charge in [-0.2, -0.15) is 0 Å². The van der Waals surface area contributed by atoms with Crippen molar-refractivity contribution in [2.24, 2.45) is 11.8 Å². The zero-order valence-electron chi connectivity index (χ0n) is 10.9. The van der Waals surface area contributed by atoms with Gasteiger partial charge in [-0.15, -0.1) is 11.3 Å². The van der Waals surface area contributed by atoms with E-state index in [-0.39, 0.29) is 11.8 Å². The Balaban J connectivity index is 1.75. The molecular weight excluding hydrogens is 264 g/mol. The number of nitrogens with one attached hydrogen (secondary N) is 1. The number of carboxylic acid groups (broad SMARTS) is 1. The second-order valence-electron chi connectivity index (χ2n) is 5.01. The van der Waals surface area contributed by atoms with E-state index in [9.17, 15) is 9.59 Å². The number of aliphatic carboxylic acids is 1. The van der Waals surface area contributed by atoms with Crippen LogP contribution >= 0.6 is 11.3 Å². The predicted octanol–water partition coefficient (Wildman–Crippen LogP) is 2.07. The molecule has 1 aromatic heterocycles. The van der Waals surface area contributed by atoms with Gasteiger partial charge in [0.2, 0.25) is 0 Å². The normalized spacial score (nSPS) is 23.0. The largest absolute Gasteiger partial charge is 0.481 e. The molecule has 6 heteroatoms. The molecule has 0 spiro atoms. The highest BCUT2D eigenvalue weighted by molar-refractivity contribution is 7.13. The van der Waals surface area contributed by atoms with E-state index in [1.54, 1.807) is 6.20 Å². The smallest absolute Gasteiger partial charge is 0.306 e. The van der Waals surface area contributed by atoms with E-state index in [4.69, 9.17) is 5.11 Å². The zero-order valence-corrected chi connectivity index (χ0v) is 11.7. The zero-order chi connectivity index (χ0) is 13.8. The molecule has 19 heavy (non-hydrogen) atoms. The number of carbonyl (C=O) groups is 2. The maximum atomic E-state index is 11.8. The Kier molecular flexibility index (Phi) is 4.52. The SMILES string of the molecule is Cc1ncc(C(=O)NCC2CCC(C(=O)O)CC2)s1. The fraction of sp³-hybridized carbons (Fsp3) is 0.615.